The molecule has 0 spiro atoms. The molecule has 1 aromatic rings. The molecule has 0 heterocycles. The van der Waals surface area contributed by atoms with Crippen LogP contribution in [0.4, 0.5) is 0 Å². The molecule has 0 aliphatic carbocycles. The lowest BCUT2D eigenvalue weighted by atomic mass is 10.0. The second-order valence-electron chi connectivity index (χ2n) is 2.93. The second kappa shape index (κ2) is 4.82. The molecule has 0 nitrogen and oxygen atoms in total. The fourth-order valence-corrected chi connectivity index (χ4v) is 1.73. The van der Waals surface area contributed by atoms with E-state index in [4.69, 9.17) is 0 Å². The smallest absolute Gasteiger partial charge is 0.0716 e. The molecule has 0 saturated heterocycles. The first-order valence-corrected chi connectivity index (χ1v) is 4.83. The quantitative estimate of drug-likeness (QED) is 0.497. The Morgan fingerprint density at radius 3 is 2.46 bits per heavy atom. The Morgan fingerprint density at radius 2 is 1.85 bits per heavy atom. The van der Waals surface area contributed by atoms with Gasteiger partial charge in [-0.15, -0.1) is 13.2 Å². The molecular weight excluding hydrogens is 172 g/mol. The van der Waals surface area contributed by atoms with Crippen LogP contribution in [0.5, 0.6) is 0 Å². The summed E-state index contributed by atoms with van der Waals surface area (Å²) in [5, 5.41) is 1.15. The van der Waals surface area contributed by atoms with E-state index in [1.54, 1.807) is 0 Å². The van der Waals surface area contributed by atoms with Crippen LogP contribution in [0.25, 0.3) is 0 Å². The minimum atomic E-state index is 0.906. The Balaban J connectivity index is 3.08. The van der Waals surface area contributed by atoms with Crippen molar-refractivity contribution in [3.05, 3.63) is 54.6 Å². The highest BCUT2D eigenvalue weighted by Crippen LogP contribution is 2.08. The standard InChI is InChI=1S/C12H13Si/c1-3-6-10-8-5-9-12(13)11(10)7-4-2/h3-5,8-9H,1-2,6-7H2. The molecule has 3 radical (unpaired) electrons. The first-order chi connectivity index (χ1) is 6.29. The fourth-order valence-electron chi connectivity index (χ4n) is 1.37. The highest BCUT2D eigenvalue weighted by Gasteiger charge is 2.01. The summed E-state index contributed by atoms with van der Waals surface area (Å²) >= 11 is 0. The predicted octanol–water partition coefficient (Wildman–Crippen LogP) is 1.94. The van der Waals surface area contributed by atoms with Gasteiger partial charge in [0.2, 0.25) is 0 Å². The van der Waals surface area contributed by atoms with Crippen molar-refractivity contribution in [3.8, 4) is 0 Å². The van der Waals surface area contributed by atoms with Crippen LogP contribution in [-0.4, -0.2) is 10.2 Å². The third-order valence-corrected chi connectivity index (χ3v) is 2.45. The number of rotatable bonds is 4. The van der Waals surface area contributed by atoms with Crippen LogP contribution in [-0.2, 0) is 12.8 Å². The van der Waals surface area contributed by atoms with Gasteiger partial charge in [-0.1, -0.05) is 35.5 Å². The summed E-state index contributed by atoms with van der Waals surface area (Å²) in [6, 6.07) is 6.24. The lowest BCUT2D eigenvalue weighted by Gasteiger charge is -2.08. The van der Waals surface area contributed by atoms with Crippen molar-refractivity contribution in [2.45, 2.75) is 12.8 Å². The largest absolute Gasteiger partial charge is 0.103 e. The van der Waals surface area contributed by atoms with Crippen molar-refractivity contribution in [3.63, 3.8) is 0 Å². The lowest BCUT2D eigenvalue weighted by molar-refractivity contribution is 1.17. The summed E-state index contributed by atoms with van der Waals surface area (Å²) in [6.07, 6.45) is 5.67. The number of allylic oxidation sites excluding steroid dienone is 2. The van der Waals surface area contributed by atoms with Gasteiger partial charge in [0.05, 0.1) is 10.2 Å². The molecule has 0 fully saturated rings. The van der Waals surface area contributed by atoms with Gasteiger partial charge in [0.15, 0.2) is 0 Å². The van der Waals surface area contributed by atoms with Crippen molar-refractivity contribution in [1.82, 2.24) is 0 Å². The van der Waals surface area contributed by atoms with Gasteiger partial charge in [-0.3, -0.25) is 0 Å². The van der Waals surface area contributed by atoms with Gasteiger partial charge in [-0.05, 0) is 24.0 Å². The number of hydrogen-bond acceptors (Lipinski definition) is 0. The molecule has 0 bridgehead atoms. The summed E-state index contributed by atoms with van der Waals surface area (Å²) in [5.41, 5.74) is 2.64. The van der Waals surface area contributed by atoms with Crippen molar-refractivity contribution in [2.75, 3.05) is 0 Å². The second-order valence-corrected chi connectivity index (χ2v) is 3.47. The van der Waals surface area contributed by atoms with E-state index in [9.17, 15) is 0 Å². The van der Waals surface area contributed by atoms with Gasteiger partial charge in [-0.2, -0.15) is 0 Å². The van der Waals surface area contributed by atoms with Crippen molar-refractivity contribution < 1.29 is 0 Å². The maximum Gasteiger partial charge on any atom is 0.0716 e. The zero-order valence-electron chi connectivity index (χ0n) is 7.72. The molecule has 0 aliphatic heterocycles. The van der Waals surface area contributed by atoms with Crippen molar-refractivity contribution >= 4 is 15.4 Å². The van der Waals surface area contributed by atoms with E-state index in [0.29, 0.717) is 0 Å². The van der Waals surface area contributed by atoms with Gasteiger partial charge >= 0.3 is 0 Å². The molecule has 0 amide bonds. The van der Waals surface area contributed by atoms with Gasteiger partial charge in [0.25, 0.3) is 0 Å². The molecule has 13 heavy (non-hydrogen) atoms. The van der Waals surface area contributed by atoms with Crippen LogP contribution in [0.2, 0.25) is 0 Å². The summed E-state index contributed by atoms with van der Waals surface area (Å²) in [4.78, 5) is 0. The van der Waals surface area contributed by atoms with E-state index in [2.05, 4.69) is 35.5 Å². The molecule has 1 rings (SSSR count). The topological polar surface area (TPSA) is 0 Å². The van der Waals surface area contributed by atoms with Gasteiger partial charge in [0, 0.05) is 0 Å². The van der Waals surface area contributed by atoms with Crippen LogP contribution in [0.3, 0.4) is 0 Å². The highest BCUT2D eigenvalue weighted by atomic mass is 28.1. The average Bonchev–Trinajstić information content (AvgIpc) is 2.11. The van der Waals surface area contributed by atoms with Crippen LogP contribution < -0.4 is 5.19 Å². The highest BCUT2D eigenvalue weighted by molar-refractivity contribution is 6.33. The molecule has 65 valence electrons. The Hall–Kier alpha value is -1.08. The molecule has 1 heteroatoms. The molecule has 0 saturated carbocycles. The Labute approximate surface area is 83.4 Å². The zero-order valence-corrected chi connectivity index (χ0v) is 8.72. The van der Waals surface area contributed by atoms with Gasteiger partial charge < -0.3 is 0 Å². The van der Waals surface area contributed by atoms with E-state index in [-0.39, 0.29) is 0 Å². The van der Waals surface area contributed by atoms with Crippen molar-refractivity contribution in [2.24, 2.45) is 0 Å². The Kier molecular flexibility index (Phi) is 3.71. The first kappa shape index (κ1) is 10.0. The Morgan fingerprint density at radius 1 is 1.15 bits per heavy atom. The van der Waals surface area contributed by atoms with E-state index >= 15 is 0 Å². The Bertz CT molecular complexity index is 313. The van der Waals surface area contributed by atoms with E-state index in [0.717, 1.165) is 18.0 Å². The third-order valence-electron chi connectivity index (χ3n) is 1.99. The van der Waals surface area contributed by atoms with Crippen LogP contribution in [0.1, 0.15) is 11.1 Å². The van der Waals surface area contributed by atoms with Crippen LogP contribution >= 0.6 is 0 Å². The SMILES string of the molecule is C=CCc1cccc([Si])c1CC=C. The van der Waals surface area contributed by atoms with Crippen LogP contribution in [0, 0.1) is 0 Å². The normalized spacial score (nSPS) is 9.62. The maximum atomic E-state index is 3.75. The molecule has 0 aliphatic rings. The predicted molar refractivity (Wildman–Crippen MR) is 59.6 cm³/mol. The number of benzene rings is 1. The third kappa shape index (κ3) is 2.43. The summed E-state index contributed by atoms with van der Waals surface area (Å²) < 4.78 is 0. The summed E-state index contributed by atoms with van der Waals surface area (Å²) in [6.45, 7) is 7.50. The van der Waals surface area contributed by atoms with Gasteiger partial charge in [0.1, 0.15) is 0 Å². The van der Waals surface area contributed by atoms with Gasteiger partial charge in [-0.25, -0.2) is 0 Å². The number of hydrogen-bond donors (Lipinski definition) is 0. The first-order valence-electron chi connectivity index (χ1n) is 4.33. The summed E-state index contributed by atoms with van der Waals surface area (Å²) in [7, 11) is 3.59. The summed E-state index contributed by atoms with van der Waals surface area (Å²) in [5.74, 6) is 0. The molecule has 1 aromatic carbocycles. The monoisotopic (exact) mass is 185 g/mol. The molecular formula is C12H13Si. The molecule has 0 N–H and O–H groups in total. The zero-order chi connectivity index (χ0) is 9.68. The molecule has 0 unspecified atom stereocenters. The molecule has 0 aromatic heterocycles. The van der Waals surface area contributed by atoms with E-state index in [1.165, 1.54) is 11.1 Å². The molecule has 0 atom stereocenters. The minimum absolute atomic E-state index is 0.906. The van der Waals surface area contributed by atoms with Crippen LogP contribution in [0.15, 0.2) is 43.5 Å². The minimum Gasteiger partial charge on any atom is -0.103 e. The lowest BCUT2D eigenvalue weighted by Crippen LogP contribution is -2.12. The fraction of sp³-hybridized carbons (Fsp3) is 0.167. The maximum absolute atomic E-state index is 3.75. The average molecular weight is 185 g/mol. The van der Waals surface area contributed by atoms with Crippen molar-refractivity contribution in [1.29, 1.82) is 0 Å². The van der Waals surface area contributed by atoms with E-state index < -0.39 is 0 Å². The van der Waals surface area contributed by atoms with E-state index in [1.807, 2.05) is 18.2 Å².